The molecule has 134 valence electrons. The molecule has 0 saturated carbocycles. The lowest BCUT2D eigenvalue weighted by molar-refractivity contribution is -0.141. The summed E-state index contributed by atoms with van der Waals surface area (Å²) < 4.78 is 13.4. The molecule has 26 heavy (non-hydrogen) atoms. The van der Waals surface area contributed by atoms with E-state index in [1.807, 2.05) is 24.3 Å². The molecular formula is C18H15IN2O4S. The van der Waals surface area contributed by atoms with Crippen molar-refractivity contribution in [2.24, 2.45) is 4.99 Å². The number of amides is 1. The first-order valence-electron chi connectivity index (χ1n) is 7.61. The lowest BCUT2D eigenvalue weighted by Gasteiger charge is -2.04. The average Bonchev–Trinajstić information content (AvgIpc) is 2.97. The number of rotatable bonds is 4. The Hall–Kier alpha value is -2.20. The van der Waals surface area contributed by atoms with Crippen LogP contribution in [0.5, 0.6) is 5.75 Å². The van der Waals surface area contributed by atoms with Crippen molar-refractivity contribution in [3.8, 4) is 5.75 Å². The molecule has 0 saturated heterocycles. The van der Waals surface area contributed by atoms with Crippen molar-refractivity contribution in [3.63, 3.8) is 0 Å². The number of carbonyl (C=O) groups is 2. The second-order valence-corrected chi connectivity index (χ2v) is 7.45. The number of thiazole rings is 1. The van der Waals surface area contributed by atoms with E-state index in [2.05, 4.69) is 27.6 Å². The minimum atomic E-state index is -0.413. The Morgan fingerprint density at radius 1 is 1.19 bits per heavy atom. The van der Waals surface area contributed by atoms with E-state index in [0.717, 1.165) is 13.8 Å². The Morgan fingerprint density at radius 3 is 2.65 bits per heavy atom. The summed E-state index contributed by atoms with van der Waals surface area (Å²) in [5.74, 6) is -0.0738. The van der Waals surface area contributed by atoms with Crippen molar-refractivity contribution in [1.29, 1.82) is 0 Å². The number of ether oxygens (including phenoxy) is 2. The molecule has 0 aliphatic heterocycles. The molecule has 0 aliphatic carbocycles. The number of carbonyl (C=O) groups excluding carboxylic acids is 2. The van der Waals surface area contributed by atoms with Gasteiger partial charge in [-0.3, -0.25) is 9.59 Å². The largest absolute Gasteiger partial charge is 0.497 e. The van der Waals surface area contributed by atoms with Gasteiger partial charge in [0.2, 0.25) is 0 Å². The number of halogens is 1. The van der Waals surface area contributed by atoms with Gasteiger partial charge in [0.05, 0.1) is 30.0 Å². The maximum atomic E-state index is 12.6. The minimum absolute atomic E-state index is 0.0270. The third kappa shape index (κ3) is 3.80. The van der Waals surface area contributed by atoms with Gasteiger partial charge >= 0.3 is 5.97 Å². The highest BCUT2D eigenvalue weighted by Crippen LogP contribution is 2.23. The van der Waals surface area contributed by atoms with E-state index in [4.69, 9.17) is 9.47 Å². The third-order valence-electron chi connectivity index (χ3n) is 3.71. The van der Waals surface area contributed by atoms with Gasteiger partial charge in [0.15, 0.2) is 4.80 Å². The van der Waals surface area contributed by atoms with Gasteiger partial charge in [-0.15, -0.1) is 0 Å². The number of nitrogens with zero attached hydrogens (tertiary/aromatic N) is 2. The Labute approximate surface area is 167 Å². The van der Waals surface area contributed by atoms with Crippen LogP contribution >= 0.6 is 33.9 Å². The second-order valence-electron chi connectivity index (χ2n) is 5.28. The van der Waals surface area contributed by atoms with Crippen molar-refractivity contribution in [2.75, 3.05) is 14.2 Å². The summed E-state index contributed by atoms with van der Waals surface area (Å²) in [5.41, 5.74) is 1.31. The predicted octanol–water partition coefficient (Wildman–Crippen LogP) is 3.23. The van der Waals surface area contributed by atoms with Crippen LogP contribution in [0, 0.1) is 3.57 Å². The molecule has 0 spiro atoms. The summed E-state index contributed by atoms with van der Waals surface area (Å²) in [6, 6.07) is 12.7. The Morgan fingerprint density at radius 2 is 1.96 bits per heavy atom. The number of hydrogen-bond acceptors (Lipinski definition) is 5. The second kappa shape index (κ2) is 8.00. The molecule has 0 atom stereocenters. The van der Waals surface area contributed by atoms with E-state index < -0.39 is 5.97 Å². The van der Waals surface area contributed by atoms with Crippen molar-refractivity contribution in [2.45, 2.75) is 6.54 Å². The van der Waals surface area contributed by atoms with Crippen LogP contribution in [0.1, 0.15) is 10.4 Å². The topological polar surface area (TPSA) is 69.9 Å². The van der Waals surface area contributed by atoms with E-state index in [-0.39, 0.29) is 12.5 Å². The first kappa shape index (κ1) is 18.6. The van der Waals surface area contributed by atoms with Gasteiger partial charge in [-0.1, -0.05) is 23.5 Å². The van der Waals surface area contributed by atoms with Crippen LogP contribution in [0.3, 0.4) is 0 Å². The summed E-state index contributed by atoms with van der Waals surface area (Å²) >= 11 is 3.42. The Bertz CT molecular complexity index is 1050. The van der Waals surface area contributed by atoms with Gasteiger partial charge < -0.3 is 14.0 Å². The molecule has 2 aromatic carbocycles. The van der Waals surface area contributed by atoms with Crippen LogP contribution in [-0.4, -0.2) is 30.7 Å². The molecule has 0 aliphatic rings. The van der Waals surface area contributed by atoms with Crippen LogP contribution in [0.4, 0.5) is 0 Å². The van der Waals surface area contributed by atoms with Gasteiger partial charge in [0, 0.05) is 3.57 Å². The molecule has 3 aromatic rings. The van der Waals surface area contributed by atoms with Gasteiger partial charge in [-0.05, 0) is 52.9 Å². The maximum Gasteiger partial charge on any atom is 0.325 e. The van der Waals surface area contributed by atoms with Crippen molar-refractivity contribution < 1.29 is 19.1 Å². The van der Waals surface area contributed by atoms with Crippen LogP contribution in [-0.2, 0) is 16.1 Å². The molecule has 1 heterocycles. The van der Waals surface area contributed by atoms with E-state index in [0.29, 0.717) is 16.1 Å². The molecule has 0 fully saturated rings. The fourth-order valence-electron chi connectivity index (χ4n) is 2.39. The van der Waals surface area contributed by atoms with Gasteiger partial charge in [0.1, 0.15) is 12.3 Å². The lowest BCUT2D eigenvalue weighted by atomic mass is 10.2. The standard InChI is InChI=1S/C18H15IN2O4S/c1-24-11-7-8-14-15(9-11)26-18(21(14)10-16(22)25-2)20-17(23)12-5-3-4-6-13(12)19/h3-9H,10H2,1-2H3. The van der Waals surface area contributed by atoms with Crippen molar-refractivity contribution in [3.05, 3.63) is 56.4 Å². The number of benzene rings is 2. The number of hydrogen-bond donors (Lipinski definition) is 0. The Kier molecular flexibility index (Phi) is 5.72. The average molecular weight is 482 g/mol. The van der Waals surface area contributed by atoms with Gasteiger partial charge in [-0.2, -0.15) is 4.99 Å². The lowest BCUT2D eigenvalue weighted by Crippen LogP contribution is -2.22. The zero-order valence-electron chi connectivity index (χ0n) is 14.1. The summed E-state index contributed by atoms with van der Waals surface area (Å²) in [4.78, 5) is 29.1. The molecule has 0 unspecified atom stereocenters. The first-order chi connectivity index (χ1) is 12.5. The quantitative estimate of drug-likeness (QED) is 0.423. The number of aromatic nitrogens is 1. The summed E-state index contributed by atoms with van der Waals surface area (Å²) in [6.45, 7) is -0.0270. The van der Waals surface area contributed by atoms with Gasteiger partial charge in [0.25, 0.3) is 5.91 Å². The fraction of sp³-hybridized carbons (Fsp3) is 0.167. The maximum absolute atomic E-state index is 12.6. The highest BCUT2D eigenvalue weighted by atomic mass is 127. The molecular weight excluding hydrogens is 467 g/mol. The molecule has 8 heteroatoms. The smallest absolute Gasteiger partial charge is 0.325 e. The zero-order chi connectivity index (χ0) is 18.7. The highest BCUT2D eigenvalue weighted by molar-refractivity contribution is 14.1. The van der Waals surface area contributed by atoms with E-state index in [9.17, 15) is 9.59 Å². The zero-order valence-corrected chi connectivity index (χ0v) is 17.0. The molecule has 0 radical (unpaired) electrons. The molecule has 6 nitrogen and oxygen atoms in total. The van der Waals surface area contributed by atoms with E-state index >= 15 is 0 Å². The van der Waals surface area contributed by atoms with E-state index in [1.165, 1.54) is 18.4 Å². The molecule has 1 aromatic heterocycles. The van der Waals surface area contributed by atoms with Crippen LogP contribution in [0.15, 0.2) is 47.5 Å². The molecule has 0 bridgehead atoms. The number of esters is 1. The normalized spacial score (nSPS) is 11.6. The minimum Gasteiger partial charge on any atom is -0.497 e. The van der Waals surface area contributed by atoms with Crippen molar-refractivity contribution in [1.82, 2.24) is 4.57 Å². The third-order valence-corrected chi connectivity index (χ3v) is 5.69. The number of methoxy groups -OCH3 is 2. The molecule has 0 N–H and O–H groups in total. The van der Waals surface area contributed by atoms with E-state index in [1.54, 1.807) is 29.9 Å². The van der Waals surface area contributed by atoms with Crippen LogP contribution < -0.4 is 9.54 Å². The SMILES string of the molecule is COC(=O)Cn1c(=NC(=O)c2ccccc2I)sc2cc(OC)ccc21. The van der Waals surface area contributed by atoms with Crippen LogP contribution in [0.2, 0.25) is 0 Å². The summed E-state index contributed by atoms with van der Waals surface area (Å²) in [6.07, 6.45) is 0. The Balaban J connectivity index is 2.16. The fourth-order valence-corrected chi connectivity index (χ4v) is 4.07. The van der Waals surface area contributed by atoms with Crippen molar-refractivity contribution >= 4 is 56.0 Å². The summed E-state index contributed by atoms with van der Waals surface area (Å²) in [7, 11) is 2.91. The molecule has 1 amide bonds. The highest BCUT2D eigenvalue weighted by Gasteiger charge is 2.14. The molecule has 3 rings (SSSR count). The first-order valence-corrected chi connectivity index (χ1v) is 9.51. The predicted molar refractivity (Wildman–Crippen MR) is 107 cm³/mol. The number of fused-ring (bicyclic) bond motifs is 1. The van der Waals surface area contributed by atoms with Gasteiger partial charge in [-0.25, -0.2) is 0 Å². The summed E-state index contributed by atoms with van der Waals surface area (Å²) in [5, 5.41) is 0. The van der Waals surface area contributed by atoms with Crippen LogP contribution in [0.25, 0.3) is 10.2 Å². The monoisotopic (exact) mass is 482 g/mol.